The molecule has 17 heavy (non-hydrogen) atoms. The zero-order valence-corrected chi connectivity index (χ0v) is 9.60. The summed E-state index contributed by atoms with van der Waals surface area (Å²) < 4.78 is 39.5. The van der Waals surface area contributed by atoms with Crippen molar-refractivity contribution in [2.75, 3.05) is 7.05 Å². The van der Waals surface area contributed by atoms with Gasteiger partial charge in [-0.1, -0.05) is 12.1 Å². The lowest BCUT2D eigenvalue weighted by atomic mass is 10.1. The van der Waals surface area contributed by atoms with Crippen molar-refractivity contribution in [2.24, 2.45) is 7.05 Å². The van der Waals surface area contributed by atoms with Gasteiger partial charge in [0.05, 0.1) is 0 Å². The third-order valence-electron chi connectivity index (χ3n) is 2.83. The van der Waals surface area contributed by atoms with Crippen molar-refractivity contribution in [1.82, 2.24) is 9.88 Å². The van der Waals surface area contributed by atoms with E-state index in [9.17, 15) is 13.2 Å². The second kappa shape index (κ2) is 4.07. The molecule has 92 valence electrons. The van der Waals surface area contributed by atoms with E-state index >= 15 is 0 Å². The normalized spacial score (nSPS) is 12.3. The third-order valence-corrected chi connectivity index (χ3v) is 2.83. The molecule has 1 aromatic heterocycles. The SMILES string of the molecule is CNCc1cccc2c1cc(C(F)(F)F)n2C. The summed E-state index contributed by atoms with van der Waals surface area (Å²) in [6, 6.07) is 6.51. The van der Waals surface area contributed by atoms with Crippen LogP contribution in [0.1, 0.15) is 11.3 Å². The molecule has 0 atom stereocenters. The van der Waals surface area contributed by atoms with E-state index in [-0.39, 0.29) is 0 Å². The maximum Gasteiger partial charge on any atom is 0.431 e. The van der Waals surface area contributed by atoms with Crippen molar-refractivity contribution >= 4 is 10.9 Å². The van der Waals surface area contributed by atoms with Crippen LogP contribution >= 0.6 is 0 Å². The first kappa shape index (κ1) is 12.0. The summed E-state index contributed by atoms with van der Waals surface area (Å²) in [6.45, 7) is 0.554. The van der Waals surface area contributed by atoms with Crippen molar-refractivity contribution < 1.29 is 13.2 Å². The zero-order chi connectivity index (χ0) is 12.6. The van der Waals surface area contributed by atoms with E-state index in [2.05, 4.69) is 5.32 Å². The van der Waals surface area contributed by atoms with Crippen LogP contribution in [-0.2, 0) is 19.8 Å². The minimum Gasteiger partial charge on any atom is -0.340 e. The molecule has 0 aliphatic rings. The highest BCUT2D eigenvalue weighted by atomic mass is 19.4. The number of aromatic nitrogens is 1. The average molecular weight is 242 g/mol. The van der Waals surface area contributed by atoms with E-state index < -0.39 is 11.9 Å². The molecule has 0 radical (unpaired) electrons. The van der Waals surface area contributed by atoms with Crippen molar-refractivity contribution in [3.05, 3.63) is 35.5 Å². The van der Waals surface area contributed by atoms with Crippen molar-refractivity contribution in [3.8, 4) is 0 Å². The smallest absolute Gasteiger partial charge is 0.340 e. The second-order valence-corrected chi connectivity index (χ2v) is 3.97. The lowest BCUT2D eigenvalue weighted by Crippen LogP contribution is -2.10. The quantitative estimate of drug-likeness (QED) is 0.856. The standard InChI is InChI=1S/C12H13F3N2/c1-16-7-8-4-3-5-10-9(8)6-11(17(10)2)12(13,14)15/h3-6,16H,7H2,1-2H3. The van der Waals surface area contributed by atoms with Crippen LogP contribution in [0, 0.1) is 0 Å². The van der Waals surface area contributed by atoms with Crippen LogP contribution in [0.2, 0.25) is 0 Å². The van der Waals surface area contributed by atoms with E-state index in [4.69, 9.17) is 0 Å². The van der Waals surface area contributed by atoms with Crippen molar-refractivity contribution in [1.29, 1.82) is 0 Å². The van der Waals surface area contributed by atoms with Gasteiger partial charge in [-0.3, -0.25) is 0 Å². The Labute approximate surface area is 97.0 Å². The first-order chi connectivity index (χ1) is 7.95. The van der Waals surface area contributed by atoms with E-state index in [0.717, 1.165) is 5.56 Å². The molecule has 0 saturated carbocycles. The molecule has 0 bridgehead atoms. The Bertz CT molecular complexity index is 540. The Kier molecular flexibility index (Phi) is 2.87. The topological polar surface area (TPSA) is 17.0 Å². The Balaban J connectivity index is 2.68. The molecular formula is C12H13F3N2. The number of hydrogen-bond donors (Lipinski definition) is 1. The van der Waals surface area contributed by atoms with Gasteiger partial charge in [-0.2, -0.15) is 13.2 Å². The van der Waals surface area contributed by atoms with Crippen LogP contribution in [-0.4, -0.2) is 11.6 Å². The predicted molar refractivity (Wildman–Crippen MR) is 60.7 cm³/mol. The highest BCUT2D eigenvalue weighted by Crippen LogP contribution is 2.34. The first-order valence-corrected chi connectivity index (χ1v) is 5.24. The monoisotopic (exact) mass is 242 g/mol. The largest absolute Gasteiger partial charge is 0.431 e. The fourth-order valence-electron chi connectivity index (χ4n) is 2.04. The highest BCUT2D eigenvalue weighted by molar-refractivity contribution is 5.85. The number of halogens is 3. The number of hydrogen-bond acceptors (Lipinski definition) is 1. The summed E-state index contributed by atoms with van der Waals surface area (Å²) in [4.78, 5) is 0. The summed E-state index contributed by atoms with van der Waals surface area (Å²) in [6.07, 6.45) is -4.31. The molecule has 1 aromatic carbocycles. The molecule has 0 fully saturated rings. The molecule has 0 aliphatic heterocycles. The second-order valence-electron chi connectivity index (χ2n) is 3.97. The summed E-state index contributed by atoms with van der Waals surface area (Å²) in [5, 5.41) is 3.60. The Hall–Kier alpha value is -1.49. The molecule has 0 saturated heterocycles. The number of rotatable bonds is 2. The van der Waals surface area contributed by atoms with Crippen LogP contribution in [0.5, 0.6) is 0 Å². The van der Waals surface area contributed by atoms with Gasteiger partial charge in [0.15, 0.2) is 0 Å². The molecule has 0 amide bonds. The molecule has 0 unspecified atom stereocenters. The van der Waals surface area contributed by atoms with E-state index in [0.29, 0.717) is 17.4 Å². The van der Waals surface area contributed by atoms with Crippen LogP contribution < -0.4 is 5.32 Å². The Morgan fingerprint density at radius 2 is 2.00 bits per heavy atom. The number of aryl methyl sites for hydroxylation is 1. The maximum absolute atomic E-state index is 12.8. The van der Waals surface area contributed by atoms with Crippen LogP contribution in [0.4, 0.5) is 13.2 Å². The first-order valence-electron chi connectivity index (χ1n) is 5.24. The molecule has 2 nitrogen and oxygen atoms in total. The molecule has 1 heterocycles. The zero-order valence-electron chi connectivity index (χ0n) is 9.60. The van der Waals surface area contributed by atoms with E-state index in [1.54, 1.807) is 19.2 Å². The number of nitrogens with one attached hydrogen (secondary N) is 1. The van der Waals surface area contributed by atoms with Crippen LogP contribution in [0.3, 0.4) is 0 Å². The van der Waals surface area contributed by atoms with Gasteiger partial charge in [0.2, 0.25) is 0 Å². The van der Waals surface area contributed by atoms with Gasteiger partial charge in [-0.05, 0) is 24.7 Å². The van der Waals surface area contributed by atoms with Crippen LogP contribution in [0.25, 0.3) is 10.9 Å². The summed E-state index contributed by atoms with van der Waals surface area (Å²) in [5.41, 5.74) is 0.859. The van der Waals surface area contributed by atoms with E-state index in [1.165, 1.54) is 17.7 Å². The lowest BCUT2D eigenvalue weighted by molar-refractivity contribution is -0.142. The molecule has 5 heteroatoms. The molecule has 2 aromatic rings. The molecule has 0 aliphatic carbocycles. The molecule has 0 spiro atoms. The average Bonchev–Trinajstić information content (AvgIpc) is 2.58. The molecular weight excluding hydrogens is 229 g/mol. The molecule has 2 rings (SSSR count). The lowest BCUT2D eigenvalue weighted by Gasteiger charge is -2.07. The van der Waals surface area contributed by atoms with Gasteiger partial charge >= 0.3 is 6.18 Å². The van der Waals surface area contributed by atoms with Gasteiger partial charge in [-0.15, -0.1) is 0 Å². The number of nitrogens with zero attached hydrogens (tertiary/aromatic N) is 1. The minimum atomic E-state index is -4.31. The fourth-order valence-corrected chi connectivity index (χ4v) is 2.04. The maximum atomic E-state index is 12.8. The van der Waals surface area contributed by atoms with Gasteiger partial charge < -0.3 is 9.88 Å². The summed E-state index contributed by atoms with van der Waals surface area (Å²) >= 11 is 0. The van der Waals surface area contributed by atoms with Gasteiger partial charge in [0.1, 0.15) is 5.69 Å². The summed E-state index contributed by atoms with van der Waals surface area (Å²) in [7, 11) is 3.21. The number of alkyl halides is 3. The fraction of sp³-hybridized carbons (Fsp3) is 0.333. The van der Waals surface area contributed by atoms with Gasteiger partial charge in [-0.25, -0.2) is 0 Å². The minimum absolute atomic E-state index is 0.554. The number of fused-ring (bicyclic) bond motifs is 1. The van der Waals surface area contributed by atoms with Crippen molar-refractivity contribution in [3.63, 3.8) is 0 Å². The van der Waals surface area contributed by atoms with Crippen LogP contribution in [0.15, 0.2) is 24.3 Å². The molecule has 1 N–H and O–H groups in total. The van der Waals surface area contributed by atoms with Gasteiger partial charge in [0, 0.05) is 24.5 Å². The summed E-state index contributed by atoms with van der Waals surface area (Å²) in [5.74, 6) is 0. The number of benzene rings is 1. The highest BCUT2D eigenvalue weighted by Gasteiger charge is 2.34. The Morgan fingerprint density at radius 3 is 2.59 bits per heavy atom. The predicted octanol–water partition coefficient (Wildman–Crippen LogP) is 2.92. The van der Waals surface area contributed by atoms with Crippen molar-refractivity contribution in [2.45, 2.75) is 12.7 Å². The van der Waals surface area contributed by atoms with Gasteiger partial charge in [0.25, 0.3) is 0 Å². The third kappa shape index (κ3) is 2.02. The Morgan fingerprint density at radius 1 is 1.29 bits per heavy atom. The van der Waals surface area contributed by atoms with E-state index in [1.807, 2.05) is 6.07 Å².